The molecule has 170 valence electrons. The number of hydrogen-bond donors (Lipinski definition) is 1. The van der Waals surface area contributed by atoms with E-state index in [0.29, 0.717) is 12.5 Å². The van der Waals surface area contributed by atoms with Gasteiger partial charge in [-0.15, -0.1) is 0 Å². The number of piperazine rings is 1. The molecule has 1 fully saturated rings. The molecule has 1 atom stereocenters. The van der Waals surface area contributed by atoms with E-state index in [4.69, 9.17) is 9.72 Å². The van der Waals surface area contributed by atoms with Gasteiger partial charge in [-0.1, -0.05) is 32.0 Å². The zero-order chi connectivity index (χ0) is 22.5. The number of imidazole rings is 1. The first-order valence-corrected chi connectivity index (χ1v) is 11.3. The summed E-state index contributed by atoms with van der Waals surface area (Å²) in [7, 11) is 1.66. The van der Waals surface area contributed by atoms with E-state index in [1.54, 1.807) is 7.11 Å². The smallest absolute Gasteiger partial charge is 0.234 e. The fourth-order valence-corrected chi connectivity index (χ4v) is 4.27. The number of amides is 1. The van der Waals surface area contributed by atoms with Crippen LogP contribution in [0.2, 0.25) is 0 Å². The lowest BCUT2D eigenvalue weighted by Gasteiger charge is -2.34. The summed E-state index contributed by atoms with van der Waals surface area (Å²) in [6, 6.07) is 14.0. The average Bonchev–Trinajstić information content (AvgIpc) is 3.21. The molecule has 3 aromatic rings. The third-order valence-corrected chi connectivity index (χ3v) is 6.09. The maximum Gasteiger partial charge on any atom is 0.234 e. The van der Waals surface area contributed by atoms with Crippen LogP contribution in [0.4, 0.5) is 0 Å². The third-order valence-electron chi connectivity index (χ3n) is 6.09. The van der Waals surface area contributed by atoms with Crippen molar-refractivity contribution in [1.29, 1.82) is 0 Å². The molecule has 1 saturated heterocycles. The van der Waals surface area contributed by atoms with E-state index >= 15 is 0 Å². The molecule has 2 aromatic heterocycles. The minimum absolute atomic E-state index is 0.00950. The Labute approximate surface area is 190 Å². The Balaban J connectivity index is 1.26. The van der Waals surface area contributed by atoms with Gasteiger partial charge >= 0.3 is 0 Å². The first-order valence-electron chi connectivity index (χ1n) is 11.3. The van der Waals surface area contributed by atoms with Gasteiger partial charge in [-0.05, 0) is 35.7 Å². The molecule has 0 radical (unpaired) electrons. The van der Waals surface area contributed by atoms with Crippen molar-refractivity contribution in [2.45, 2.75) is 26.4 Å². The standard InChI is InChI=1S/C25H33N5O2/c1-19(2)25(20-7-9-22(32-3)10-8-20)27-24(31)18-29-14-12-28(13-15-29)16-21-17-30-11-5-4-6-23(30)26-21/h4-11,17,19,25H,12-16,18H2,1-3H3,(H,27,31). The van der Waals surface area contributed by atoms with Crippen LogP contribution in [-0.4, -0.2) is 64.9 Å². The molecule has 32 heavy (non-hydrogen) atoms. The molecule has 0 aliphatic carbocycles. The van der Waals surface area contributed by atoms with Gasteiger partial charge in [0.2, 0.25) is 5.91 Å². The molecule has 1 amide bonds. The van der Waals surface area contributed by atoms with Gasteiger partial charge in [-0.25, -0.2) is 4.98 Å². The molecule has 1 unspecified atom stereocenters. The number of hydrogen-bond acceptors (Lipinski definition) is 5. The number of ether oxygens (including phenoxy) is 1. The molecule has 7 heteroatoms. The van der Waals surface area contributed by atoms with Crippen molar-refractivity contribution in [2.75, 3.05) is 39.8 Å². The topological polar surface area (TPSA) is 62.1 Å². The molecular weight excluding hydrogens is 402 g/mol. The molecule has 7 nitrogen and oxygen atoms in total. The maximum absolute atomic E-state index is 12.8. The van der Waals surface area contributed by atoms with E-state index in [-0.39, 0.29) is 11.9 Å². The summed E-state index contributed by atoms with van der Waals surface area (Å²) in [5, 5.41) is 3.24. The Hall–Kier alpha value is -2.90. The van der Waals surface area contributed by atoms with Crippen LogP contribution in [0.15, 0.2) is 54.9 Å². The monoisotopic (exact) mass is 435 g/mol. The fourth-order valence-electron chi connectivity index (χ4n) is 4.27. The molecule has 1 aromatic carbocycles. The van der Waals surface area contributed by atoms with Crippen LogP contribution in [0, 0.1) is 5.92 Å². The van der Waals surface area contributed by atoms with Crippen molar-refractivity contribution < 1.29 is 9.53 Å². The van der Waals surface area contributed by atoms with E-state index in [1.807, 2.05) is 48.7 Å². The van der Waals surface area contributed by atoms with Crippen LogP contribution in [0.3, 0.4) is 0 Å². The van der Waals surface area contributed by atoms with E-state index in [1.165, 1.54) is 0 Å². The second-order valence-electron chi connectivity index (χ2n) is 8.81. The van der Waals surface area contributed by atoms with Crippen LogP contribution in [0.1, 0.15) is 31.1 Å². The predicted octanol–water partition coefficient (Wildman–Crippen LogP) is 2.97. The van der Waals surface area contributed by atoms with E-state index in [2.05, 4.69) is 39.6 Å². The Kier molecular flexibility index (Phi) is 7.07. The summed E-state index contributed by atoms with van der Waals surface area (Å²) < 4.78 is 7.31. The minimum Gasteiger partial charge on any atom is -0.497 e. The van der Waals surface area contributed by atoms with E-state index in [9.17, 15) is 4.79 Å². The Morgan fingerprint density at radius 3 is 2.44 bits per heavy atom. The van der Waals surface area contributed by atoms with Gasteiger partial charge in [0.05, 0.1) is 25.4 Å². The SMILES string of the molecule is COc1ccc(C(NC(=O)CN2CCN(Cc3cn4ccccc4n3)CC2)C(C)C)cc1. The van der Waals surface area contributed by atoms with Gasteiger partial charge in [0.15, 0.2) is 0 Å². The van der Waals surface area contributed by atoms with Crippen molar-refractivity contribution in [2.24, 2.45) is 5.92 Å². The summed E-state index contributed by atoms with van der Waals surface area (Å²) in [5.41, 5.74) is 3.17. The lowest BCUT2D eigenvalue weighted by molar-refractivity contribution is -0.123. The Morgan fingerprint density at radius 1 is 1.06 bits per heavy atom. The first-order chi connectivity index (χ1) is 15.5. The number of carbonyl (C=O) groups is 1. The van der Waals surface area contributed by atoms with Gasteiger partial charge in [-0.3, -0.25) is 14.6 Å². The molecule has 0 spiro atoms. The second kappa shape index (κ2) is 10.1. The third kappa shape index (κ3) is 5.47. The number of benzene rings is 1. The zero-order valence-corrected chi connectivity index (χ0v) is 19.2. The summed E-state index contributed by atoms with van der Waals surface area (Å²) in [6.45, 7) is 9.18. The predicted molar refractivity (Wildman–Crippen MR) is 126 cm³/mol. The maximum atomic E-state index is 12.8. The first kappa shape index (κ1) is 22.3. The number of methoxy groups -OCH3 is 1. The lowest BCUT2D eigenvalue weighted by Crippen LogP contribution is -2.49. The number of carbonyl (C=O) groups excluding carboxylic acids is 1. The second-order valence-corrected chi connectivity index (χ2v) is 8.81. The molecule has 0 saturated carbocycles. The highest BCUT2D eigenvalue weighted by atomic mass is 16.5. The Morgan fingerprint density at radius 2 is 1.78 bits per heavy atom. The van der Waals surface area contributed by atoms with Crippen LogP contribution in [0.25, 0.3) is 5.65 Å². The van der Waals surface area contributed by atoms with Crippen molar-refractivity contribution in [3.63, 3.8) is 0 Å². The number of fused-ring (bicyclic) bond motifs is 1. The van der Waals surface area contributed by atoms with Gasteiger partial charge in [0.1, 0.15) is 11.4 Å². The zero-order valence-electron chi connectivity index (χ0n) is 19.2. The molecule has 1 N–H and O–H groups in total. The van der Waals surface area contributed by atoms with Crippen molar-refractivity contribution in [3.8, 4) is 5.75 Å². The van der Waals surface area contributed by atoms with Crippen LogP contribution >= 0.6 is 0 Å². The van der Waals surface area contributed by atoms with Crippen LogP contribution in [0.5, 0.6) is 5.75 Å². The normalized spacial score (nSPS) is 16.4. The number of nitrogens with zero attached hydrogens (tertiary/aromatic N) is 4. The number of rotatable bonds is 8. The summed E-state index contributed by atoms with van der Waals surface area (Å²) in [4.78, 5) is 22.1. The number of nitrogens with one attached hydrogen (secondary N) is 1. The summed E-state index contributed by atoms with van der Waals surface area (Å²) >= 11 is 0. The van der Waals surface area contributed by atoms with Crippen molar-refractivity contribution >= 4 is 11.6 Å². The fraction of sp³-hybridized carbons (Fsp3) is 0.440. The quantitative estimate of drug-likeness (QED) is 0.589. The van der Waals surface area contributed by atoms with Gasteiger partial charge in [-0.2, -0.15) is 0 Å². The van der Waals surface area contributed by atoms with Gasteiger partial charge < -0.3 is 14.5 Å². The summed E-state index contributed by atoms with van der Waals surface area (Å²) in [5.74, 6) is 1.20. The van der Waals surface area contributed by atoms with E-state index in [0.717, 1.165) is 55.4 Å². The summed E-state index contributed by atoms with van der Waals surface area (Å²) in [6.07, 6.45) is 4.12. The van der Waals surface area contributed by atoms with Gasteiger partial charge in [0.25, 0.3) is 0 Å². The van der Waals surface area contributed by atoms with Crippen LogP contribution < -0.4 is 10.1 Å². The minimum atomic E-state index is -0.00950. The molecule has 3 heterocycles. The highest BCUT2D eigenvalue weighted by Crippen LogP contribution is 2.24. The molecule has 0 bridgehead atoms. The van der Waals surface area contributed by atoms with Crippen LogP contribution in [-0.2, 0) is 11.3 Å². The average molecular weight is 436 g/mol. The Bertz CT molecular complexity index is 989. The highest BCUT2D eigenvalue weighted by molar-refractivity contribution is 5.78. The lowest BCUT2D eigenvalue weighted by atomic mass is 9.96. The van der Waals surface area contributed by atoms with Gasteiger partial charge in [0, 0.05) is 45.1 Å². The molecule has 1 aliphatic rings. The molecule has 4 rings (SSSR count). The van der Waals surface area contributed by atoms with Crippen molar-refractivity contribution in [3.05, 3.63) is 66.1 Å². The highest BCUT2D eigenvalue weighted by Gasteiger charge is 2.23. The number of pyridine rings is 1. The molecular formula is C25H33N5O2. The van der Waals surface area contributed by atoms with Crippen molar-refractivity contribution in [1.82, 2.24) is 24.5 Å². The largest absolute Gasteiger partial charge is 0.497 e. The van der Waals surface area contributed by atoms with E-state index < -0.39 is 0 Å². The number of aromatic nitrogens is 2. The molecule has 1 aliphatic heterocycles.